The van der Waals surface area contributed by atoms with Crippen LogP contribution in [0.3, 0.4) is 0 Å². The monoisotopic (exact) mass is 348 g/mol. The Kier molecular flexibility index (Phi) is 6.48. The van der Waals surface area contributed by atoms with Gasteiger partial charge in [-0.05, 0) is 62.5 Å². The Balaban J connectivity index is 1.51. The molecule has 0 spiro atoms. The van der Waals surface area contributed by atoms with Gasteiger partial charge in [0, 0.05) is 36.1 Å². The van der Waals surface area contributed by atoms with Crippen LogP contribution in [0.5, 0.6) is 0 Å². The lowest BCUT2D eigenvalue weighted by atomic mass is 10.0. The molecule has 1 saturated heterocycles. The minimum absolute atomic E-state index is 0.106. The van der Waals surface area contributed by atoms with Crippen molar-refractivity contribution in [1.29, 1.82) is 0 Å². The first-order chi connectivity index (χ1) is 11.7. The summed E-state index contributed by atoms with van der Waals surface area (Å²) >= 11 is 2.12. The Hall–Kier alpha value is -0.710. The summed E-state index contributed by atoms with van der Waals surface area (Å²) in [6.07, 6.45) is 5.66. The molecule has 1 aliphatic carbocycles. The Morgan fingerprint density at radius 3 is 2.54 bits per heavy atom. The van der Waals surface area contributed by atoms with E-state index in [2.05, 4.69) is 60.1 Å². The first-order valence-electron chi connectivity index (χ1n) is 9.56. The molecule has 3 rings (SSSR count). The molecule has 0 aromatic heterocycles. The van der Waals surface area contributed by atoms with E-state index in [1.807, 2.05) is 0 Å². The molecule has 3 nitrogen and oxygen atoms in total. The fourth-order valence-corrected chi connectivity index (χ4v) is 5.17. The summed E-state index contributed by atoms with van der Waals surface area (Å²) in [6, 6.07) is 10.1. The average molecular weight is 349 g/mol. The zero-order chi connectivity index (χ0) is 16.9. The van der Waals surface area contributed by atoms with E-state index < -0.39 is 0 Å². The minimum atomic E-state index is -0.106. The SMILES string of the molecule is CCSC1CCC(NC(C)c2ccc(N3CCC(O)CC3)cc2)C1. The molecule has 134 valence electrons. The lowest BCUT2D eigenvalue weighted by Gasteiger charge is -2.31. The summed E-state index contributed by atoms with van der Waals surface area (Å²) in [5.41, 5.74) is 2.67. The number of nitrogens with one attached hydrogen (secondary N) is 1. The van der Waals surface area contributed by atoms with Crippen LogP contribution in [-0.4, -0.2) is 41.3 Å². The van der Waals surface area contributed by atoms with E-state index >= 15 is 0 Å². The zero-order valence-corrected chi connectivity index (χ0v) is 15.9. The largest absolute Gasteiger partial charge is 0.393 e. The fourth-order valence-electron chi connectivity index (χ4n) is 4.03. The van der Waals surface area contributed by atoms with Crippen LogP contribution >= 0.6 is 11.8 Å². The van der Waals surface area contributed by atoms with E-state index in [-0.39, 0.29) is 6.10 Å². The van der Waals surface area contributed by atoms with E-state index in [1.165, 1.54) is 36.3 Å². The van der Waals surface area contributed by atoms with Crippen molar-refractivity contribution >= 4 is 17.4 Å². The highest BCUT2D eigenvalue weighted by molar-refractivity contribution is 7.99. The fraction of sp³-hybridized carbons (Fsp3) is 0.700. The van der Waals surface area contributed by atoms with Gasteiger partial charge >= 0.3 is 0 Å². The number of thioether (sulfide) groups is 1. The van der Waals surface area contributed by atoms with E-state index in [4.69, 9.17) is 0 Å². The molecule has 2 fully saturated rings. The van der Waals surface area contributed by atoms with Crippen molar-refractivity contribution in [3.8, 4) is 0 Å². The standard InChI is InChI=1S/C20H32N2OS/c1-3-24-20-9-6-17(14-20)21-15(2)16-4-7-18(8-5-16)22-12-10-19(23)11-13-22/h4-5,7-8,15,17,19-21,23H,3,6,9-14H2,1-2H3. The van der Waals surface area contributed by atoms with Gasteiger partial charge in [-0.3, -0.25) is 0 Å². The lowest BCUT2D eigenvalue weighted by Crippen LogP contribution is -2.35. The van der Waals surface area contributed by atoms with Crippen LogP contribution in [-0.2, 0) is 0 Å². The van der Waals surface area contributed by atoms with Crippen molar-refractivity contribution in [3.05, 3.63) is 29.8 Å². The molecule has 24 heavy (non-hydrogen) atoms. The molecule has 1 aromatic rings. The van der Waals surface area contributed by atoms with Gasteiger partial charge < -0.3 is 15.3 Å². The van der Waals surface area contributed by atoms with Crippen molar-refractivity contribution in [2.24, 2.45) is 0 Å². The Morgan fingerprint density at radius 1 is 1.17 bits per heavy atom. The molecule has 4 heteroatoms. The van der Waals surface area contributed by atoms with Gasteiger partial charge in [-0.15, -0.1) is 0 Å². The summed E-state index contributed by atoms with van der Waals surface area (Å²) in [7, 11) is 0. The van der Waals surface area contributed by atoms with Gasteiger partial charge in [0.2, 0.25) is 0 Å². The number of aliphatic hydroxyl groups is 1. The number of benzene rings is 1. The number of rotatable bonds is 6. The number of piperidine rings is 1. The quantitative estimate of drug-likeness (QED) is 0.815. The summed E-state index contributed by atoms with van der Waals surface area (Å²) in [5, 5.41) is 14.3. The highest BCUT2D eigenvalue weighted by Crippen LogP contribution is 2.31. The molecule has 0 bridgehead atoms. The van der Waals surface area contributed by atoms with Crippen molar-refractivity contribution in [1.82, 2.24) is 5.32 Å². The molecule has 3 atom stereocenters. The second-order valence-corrected chi connectivity index (χ2v) is 8.86. The number of nitrogens with zero attached hydrogens (tertiary/aromatic N) is 1. The summed E-state index contributed by atoms with van der Waals surface area (Å²) in [6.45, 7) is 6.48. The minimum Gasteiger partial charge on any atom is -0.393 e. The molecular weight excluding hydrogens is 316 g/mol. The van der Waals surface area contributed by atoms with Crippen LogP contribution in [0.2, 0.25) is 0 Å². The number of hydrogen-bond acceptors (Lipinski definition) is 4. The van der Waals surface area contributed by atoms with Gasteiger partial charge in [-0.1, -0.05) is 19.1 Å². The Morgan fingerprint density at radius 2 is 1.88 bits per heavy atom. The molecule has 1 aliphatic heterocycles. The van der Waals surface area contributed by atoms with Crippen molar-refractivity contribution in [3.63, 3.8) is 0 Å². The predicted molar refractivity (Wildman–Crippen MR) is 105 cm³/mol. The normalized spacial score (nSPS) is 26.7. The summed E-state index contributed by atoms with van der Waals surface area (Å²) in [5.74, 6) is 1.24. The number of hydrogen-bond donors (Lipinski definition) is 2. The molecule has 0 amide bonds. The maximum Gasteiger partial charge on any atom is 0.0574 e. The molecule has 2 N–H and O–H groups in total. The Bertz CT molecular complexity index is 499. The summed E-state index contributed by atoms with van der Waals surface area (Å²) in [4.78, 5) is 2.39. The van der Waals surface area contributed by atoms with Gasteiger partial charge in [-0.2, -0.15) is 11.8 Å². The van der Waals surface area contributed by atoms with E-state index in [1.54, 1.807) is 0 Å². The number of aliphatic hydroxyl groups excluding tert-OH is 1. The maximum absolute atomic E-state index is 9.64. The molecule has 3 unspecified atom stereocenters. The van der Waals surface area contributed by atoms with E-state index in [0.717, 1.165) is 31.2 Å². The van der Waals surface area contributed by atoms with Crippen LogP contribution < -0.4 is 10.2 Å². The second-order valence-electron chi connectivity index (χ2n) is 7.29. The molecular formula is C20H32N2OS. The predicted octanol–water partition coefficient (Wildman–Crippen LogP) is 3.97. The smallest absolute Gasteiger partial charge is 0.0574 e. The molecule has 0 radical (unpaired) electrons. The lowest BCUT2D eigenvalue weighted by molar-refractivity contribution is 0.145. The van der Waals surface area contributed by atoms with Gasteiger partial charge in [0.25, 0.3) is 0 Å². The van der Waals surface area contributed by atoms with Gasteiger partial charge in [0.05, 0.1) is 6.10 Å². The summed E-state index contributed by atoms with van der Waals surface area (Å²) < 4.78 is 0. The van der Waals surface area contributed by atoms with E-state index in [0.29, 0.717) is 12.1 Å². The van der Waals surface area contributed by atoms with Crippen LogP contribution in [0.15, 0.2) is 24.3 Å². The maximum atomic E-state index is 9.64. The van der Waals surface area contributed by atoms with Crippen LogP contribution in [0.1, 0.15) is 57.6 Å². The van der Waals surface area contributed by atoms with Gasteiger partial charge in [0.15, 0.2) is 0 Å². The Labute approximate surface area is 151 Å². The number of anilines is 1. The van der Waals surface area contributed by atoms with Crippen molar-refractivity contribution in [2.75, 3.05) is 23.7 Å². The zero-order valence-electron chi connectivity index (χ0n) is 15.1. The third-order valence-corrected chi connectivity index (χ3v) is 6.73. The first-order valence-corrected chi connectivity index (χ1v) is 10.6. The van der Waals surface area contributed by atoms with Gasteiger partial charge in [-0.25, -0.2) is 0 Å². The van der Waals surface area contributed by atoms with Crippen LogP contribution in [0.25, 0.3) is 0 Å². The van der Waals surface area contributed by atoms with E-state index in [9.17, 15) is 5.11 Å². The first kappa shape index (κ1) is 18.1. The van der Waals surface area contributed by atoms with Crippen LogP contribution in [0.4, 0.5) is 5.69 Å². The molecule has 1 heterocycles. The average Bonchev–Trinajstić information content (AvgIpc) is 3.03. The van der Waals surface area contributed by atoms with Crippen molar-refractivity contribution < 1.29 is 5.11 Å². The second kappa shape index (κ2) is 8.59. The highest BCUT2D eigenvalue weighted by Gasteiger charge is 2.25. The third kappa shape index (κ3) is 4.68. The van der Waals surface area contributed by atoms with Crippen LogP contribution in [0, 0.1) is 0 Å². The topological polar surface area (TPSA) is 35.5 Å². The molecule has 2 aliphatic rings. The van der Waals surface area contributed by atoms with Gasteiger partial charge in [0.1, 0.15) is 0 Å². The van der Waals surface area contributed by atoms with Crippen molar-refractivity contribution in [2.45, 2.75) is 69.4 Å². The molecule has 1 aromatic carbocycles. The molecule has 1 saturated carbocycles. The highest BCUT2D eigenvalue weighted by atomic mass is 32.2. The third-order valence-electron chi connectivity index (χ3n) is 5.50.